The molecule has 0 bridgehead atoms. The molecular weight excluding hydrogens is 440 g/mol. The number of allylic oxidation sites excluding steroid dienone is 1. The Morgan fingerprint density at radius 3 is 2.42 bits per heavy atom. The summed E-state index contributed by atoms with van der Waals surface area (Å²) in [7, 11) is -4.23. The Morgan fingerprint density at radius 2 is 1.87 bits per heavy atom. The summed E-state index contributed by atoms with van der Waals surface area (Å²) in [6, 6.07) is 2.36. The lowest BCUT2D eigenvalue weighted by Gasteiger charge is -2.32. The van der Waals surface area contributed by atoms with Crippen LogP contribution in [0.3, 0.4) is 0 Å². The third-order valence-corrected chi connectivity index (χ3v) is 6.90. The molecule has 0 radical (unpaired) electrons. The lowest BCUT2D eigenvalue weighted by atomic mass is 9.79. The van der Waals surface area contributed by atoms with Crippen molar-refractivity contribution in [2.24, 2.45) is 16.2 Å². The van der Waals surface area contributed by atoms with Gasteiger partial charge in [-0.25, -0.2) is 13.7 Å². The molecule has 1 aromatic rings. The number of anilines is 1. The van der Waals surface area contributed by atoms with Crippen molar-refractivity contribution in [3.63, 3.8) is 0 Å². The Labute approximate surface area is 177 Å². The van der Waals surface area contributed by atoms with Gasteiger partial charge in [-0.1, -0.05) is 0 Å². The molecule has 0 atom stereocenters. The van der Waals surface area contributed by atoms with Gasteiger partial charge in [0.2, 0.25) is 0 Å². The summed E-state index contributed by atoms with van der Waals surface area (Å²) in [5.41, 5.74) is -0.0907. The second-order valence-corrected chi connectivity index (χ2v) is 9.02. The molecule has 1 saturated carbocycles. The van der Waals surface area contributed by atoms with Crippen LogP contribution in [0.15, 0.2) is 28.3 Å². The Balaban J connectivity index is 1.85. The van der Waals surface area contributed by atoms with E-state index in [-0.39, 0.29) is 55.1 Å². The third-order valence-electron chi connectivity index (χ3n) is 5.44. The molecule has 2 heterocycles. The van der Waals surface area contributed by atoms with Crippen molar-refractivity contribution < 1.29 is 30.8 Å². The monoisotopic (exact) mass is 462 g/mol. The van der Waals surface area contributed by atoms with Crippen LogP contribution in [-0.2, 0) is 15.0 Å². The largest absolute Gasteiger partial charge is 0.391 e. The molecule has 1 fully saturated rings. The molecule has 12 heteroatoms. The highest BCUT2D eigenvalue weighted by molar-refractivity contribution is 7.88. The maximum atomic E-state index is 13.4. The highest BCUT2D eigenvalue weighted by atomic mass is 32.2. The van der Waals surface area contributed by atoms with Gasteiger partial charge in [0, 0.05) is 12.5 Å². The fraction of sp³-hybridized carbons (Fsp3) is 0.526. The van der Waals surface area contributed by atoms with E-state index in [1.165, 1.54) is 26.0 Å². The minimum Gasteiger partial charge on any atom is -0.305 e. The van der Waals surface area contributed by atoms with Crippen molar-refractivity contribution in [2.45, 2.75) is 45.7 Å². The van der Waals surface area contributed by atoms with Gasteiger partial charge in [-0.2, -0.15) is 21.6 Å². The van der Waals surface area contributed by atoms with Gasteiger partial charge in [0.15, 0.2) is 0 Å². The second-order valence-electron chi connectivity index (χ2n) is 7.50. The Morgan fingerprint density at radius 1 is 1.23 bits per heavy atom. The van der Waals surface area contributed by atoms with E-state index < -0.39 is 39.9 Å². The maximum absolute atomic E-state index is 13.4. The molecule has 0 spiro atoms. The van der Waals surface area contributed by atoms with Gasteiger partial charge in [0.25, 0.3) is 5.91 Å². The number of nitrogens with one attached hydrogen (secondary N) is 1. The molecule has 2 aliphatic rings. The summed E-state index contributed by atoms with van der Waals surface area (Å²) in [5.74, 6) is -3.23. The maximum Gasteiger partial charge on any atom is 0.391 e. The van der Waals surface area contributed by atoms with E-state index in [0.29, 0.717) is 0 Å². The second kappa shape index (κ2) is 8.56. The van der Waals surface area contributed by atoms with Gasteiger partial charge >= 0.3 is 16.4 Å². The van der Waals surface area contributed by atoms with E-state index in [2.05, 4.69) is 14.7 Å². The van der Waals surface area contributed by atoms with Crippen molar-refractivity contribution in [1.29, 1.82) is 0 Å². The molecule has 1 aliphatic heterocycles. The number of carbonyl (C=O) groups is 1. The van der Waals surface area contributed by atoms with E-state index in [1.807, 2.05) is 0 Å². The molecule has 170 valence electrons. The van der Waals surface area contributed by atoms with Gasteiger partial charge in [0.1, 0.15) is 17.3 Å². The normalized spacial score (nSPS) is 23.7. The van der Waals surface area contributed by atoms with Crippen molar-refractivity contribution in [3.05, 3.63) is 35.4 Å². The van der Waals surface area contributed by atoms with Crippen LogP contribution in [0.4, 0.5) is 23.4 Å². The quantitative estimate of drug-likeness (QED) is 0.690. The lowest BCUT2D eigenvalue weighted by Crippen LogP contribution is -2.40. The summed E-state index contributed by atoms with van der Waals surface area (Å²) in [5, 5.41) is 2.44. The number of aromatic nitrogens is 1. The van der Waals surface area contributed by atoms with Gasteiger partial charge in [-0.05, 0) is 57.7 Å². The summed E-state index contributed by atoms with van der Waals surface area (Å²) >= 11 is 0. The first kappa shape index (κ1) is 23.2. The summed E-state index contributed by atoms with van der Waals surface area (Å²) in [4.78, 5) is 16.7. The summed E-state index contributed by atoms with van der Waals surface area (Å²) in [6.07, 6.45) is -3.00. The van der Waals surface area contributed by atoms with Crippen LogP contribution < -0.4 is 5.32 Å². The zero-order chi connectivity index (χ0) is 23.0. The first-order valence-electron chi connectivity index (χ1n) is 9.77. The van der Waals surface area contributed by atoms with Crippen LogP contribution in [-0.4, -0.2) is 42.0 Å². The third kappa shape index (κ3) is 5.05. The zero-order valence-corrected chi connectivity index (χ0v) is 17.7. The van der Waals surface area contributed by atoms with E-state index in [1.54, 1.807) is 0 Å². The van der Waals surface area contributed by atoms with E-state index >= 15 is 0 Å². The predicted octanol–water partition coefficient (Wildman–Crippen LogP) is 3.74. The predicted molar refractivity (Wildman–Crippen MR) is 106 cm³/mol. The molecule has 1 N–H and O–H groups in total. The SMILES string of the molecule is CCN1C(C(=O)Nc2ccc(F)c(C)n2)=CC(C2CCC(C(F)(F)F)CC2)=NS1(=O)=O. The first-order chi connectivity index (χ1) is 14.4. The molecular formula is C19H22F4N4O3S. The molecule has 31 heavy (non-hydrogen) atoms. The number of rotatable bonds is 4. The van der Waals surface area contributed by atoms with E-state index in [4.69, 9.17) is 0 Å². The number of likely N-dealkylation sites (N-methyl/N-ethyl adjacent to an activating group) is 1. The van der Waals surface area contributed by atoms with Gasteiger partial charge < -0.3 is 5.32 Å². The summed E-state index contributed by atoms with van der Waals surface area (Å²) in [6.45, 7) is 2.86. The fourth-order valence-corrected chi connectivity index (χ4v) is 5.04. The number of amides is 1. The molecule has 0 aromatic carbocycles. The first-order valence-corrected chi connectivity index (χ1v) is 11.2. The van der Waals surface area contributed by atoms with Crippen LogP contribution in [0.5, 0.6) is 0 Å². The Bertz CT molecular complexity index is 1030. The molecule has 0 saturated heterocycles. The van der Waals surface area contributed by atoms with Gasteiger partial charge in [-0.15, -0.1) is 4.40 Å². The standard InChI is InChI=1S/C19H22F4N4O3S/c1-3-27-16(18(28)25-17-9-8-14(20)11(2)24-17)10-15(26-31(27,29)30)12-4-6-13(7-5-12)19(21,22)23/h8-10,12-13H,3-7H2,1-2H3,(H,24,25,28). The molecule has 0 unspecified atom stereocenters. The minimum atomic E-state index is -4.29. The molecule has 7 nitrogen and oxygen atoms in total. The summed E-state index contributed by atoms with van der Waals surface area (Å²) < 4.78 is 82.0. The minimum absolute atomic E-state index is 0.0352. The van der Waals surface area contributed by atoms with E-state index in [0.717, 1.165) is 10.4 Å². The van der Waals surface area contributed by atoms with Crippen molar-refractivity contribution in [2.75, 3.05) is 11.9 Å². The number of hydrogen-bond donors (Lipinski definition) is 1. The molecule has 1 aliphatic carbocycles. The van der Waals surface area contributed by atoms with Crippen LogP contribution in [0.1, 0.15) is 38.3 Å². The smallest absolute Gasteiger partial charge is 0.305 e. The van der Waals surface area contributed by atoms with Crippen LogP contribution >= 0.6 is 0 Å². The highest BCUT2D eigenvalue weighted by Gasteiger charge is 2.43. The van der Waals surface area contributed by atoms with Crippen LogP contribution in [0.25, 0.3) is 0 Å². The molecule has 1 amide bonds. The Kier molecular flexibility index (Phi) is 6.40. The molecule has 1 aromatic heterocycles. The number of alkyl halides is 3. The number of nitrogens with zero attached hydrogens (tertiary/aromatic N) is 3. The molecule has 3 rings (SSSR count). The van der Waals surface area contributed by atoms with Crippen LogP contribution in [0.2, 0.25) is 0 Å². The Hall–Kier alpha value is -2.50. The number of carbonyl (C=O) groups excluding carboxylic acids is 1. The zero-order valence-electron chi connectivity index (χ0n) is 16.9. The van der Waals surface area contributed by atoms with Gasteiger partial charge in [0.05, 0.1) is 17.3 Å². The number of hydrogen-bond acceptors (Lipinski definition) is 4. The number of aryl methyl sites for hydroxylation is 1. The number of pyridine rings is 1. The average Bonchev–Trinajstić information content (AvgIpc) is 2.69. The van der Waals surface area contributed by atoms with Crippen molar-refractivity contribution in [1.82, 2.24) is 9.29 Å². The lowest BCUT2D eigenvalue weighted by molar-refractivity contribution is -0.182. The highest BCUT2D eigenvalue weighted by Crippen LogP contribution is 2.40. The fourth-order valence-electron chi connectivity index (χ4n) is 3.76. The number of halogens is 4. The topological polar surface area (TPSA) is 91.7 Å². The van der Waals surface area contributed by atoms with Crippen molar-refractivity contribution in [3.8, 4) is 0 Å². The van der Waals surface area contributed by atoms with Gasteiger partial charge in [-0.3, -0.25) is 4.79 Å². The van der Waals surface area contributed by atoms with E-state index in [9.17, 15) is 30.8 Å². The van der Waals surface area contributed by atoms with Crippen LogP contribution in [0, 0.1) is 24.6 Å². The van der Waals surface area contributed by atoms with Crippen molar-refractivity contribution >= 4 is 27.6 Å². The average molecular weight is 462 g/mol.